The molecule has 0 spiro atoms. The fourth-order valence-electron chi connectivity index (χ4n) is 4.72. The highest BCUT2D eigenvalue weighted by Crippen LogP contribution is 2.38. The average molecular weight is 611 g/mol. The zero-order valence-corrected chi connectivity index (χ0v) is 22.8. The number of halogens is 3. The summed E-state index contributed by atoms with van der Waals surface area (Å²) in [5.41, 5.74) is 0.758. The van der Waals surface area contributed by atoms with Gasteiger partial charge in [0.25, 0.3) is 0 Å². The van der Waals surface area contributed by atoms with Gasteiger partial charge < -0.3 is 24.9 Å². The quantitative estimate of drug-likeness (QED) is 0.170. The fourth-order valence-corrected chi connectivity index (χ4v) is 5.12. The molecule has 8 nitrogen and oxygen atoms in total. The third-order valence-electron chi connectivity index (χ3n) is 6.63. The van der Waals surface area contributed by atoms with E-state index in [1.54, 1.807) is 24.3 Å². The van der Waals surface area contributed by atoms with E-state index in [0.29, 0.717) is 11.3 Å². The molecule has 5 rings (SSSR count). The van der Waals surface area contributed by atoms with Gasteiger partial charge in [-0.2, -0.15) is 0 Å². The average Bonchev–Trinajstić information content (AvgIpc) is 3.53. The number of hydrogen-bond donors (Lipinski definition) is 4. The molecule has 11 heteroatoms. The summed E-state index contributed by atoms with van der Waals surface area (Å²) in [7, 11) is 0. The van der Waals surface area contributed by atoms with Crippen molar-refractivity contribution in [2.24, 2.45) is 0 Å². The van der Waals surface area contributed by atoms with E-state index < -0.39 is 29.3 Å². The second-order valence-electron chi connectivity index (χ2n) is 9.17. The van der Waals surface area contributed by atoms with Crippen LogP contribution in [0.5, 0.6) is 11.6 Å². The van der Waals surface area contributed by atoms with E-state index in [1.807, 2.05) is 37.3 Å². The predicted octanol–water partition coefficient (Wildman–Crippen LogP) is 5.74. The SMILES string of the molecule is C[C@@H](c1ccccc1)[C@@H](c1ncc(-c2c(F)cc(Br)cc2F)[nH]1)n1c(O)c(-c2ccc(OCCO)cc2)[nH]c1=O. The number of aromatic nitrogens is 4. The molecular formula is C29H25BrF2N4O4. The molecule has 5 aromatic rings. The normalized spacial score (nSPS) is 12.8. The summed E-state index contributed by atoms with van der Waals surface area (Å²) in [6, 6.07) is 17.4. The molecule has 40 heavy (non-hydrogen) atoms. The Labute approximate surface area is 236 Å². The van der Waals surface area contributed by atoms with Crippen LogP contribution in [0.1, 0.15) is 30.3 Å². The largest absolute Gasteiger partial charge is 0.493 e. The summed E-state index contributed by atoms with van der Waals surface area (Å²) in [5.74, 6) is -1.56. The molecule has 3 aromatic carbocycles. The number of H-pyrrole nitrogens is 2. The smallest absolute Gasteiger partial charge is 0.329 e. The number of aromatic amines is 2. The molecule has 0 radical (unpaired) electrons. The van der Waals surface area contributed by atoms with Gasteiger partial charge in [-0.1, -0.05) is 53.2 Å². The van der Waals surface area contributed by atoms with Crippen LogP contribution < -0.4 is 10.4 Å². The third kappa shape index (κ3) is 5.30. The topological polar surface area (TPSA) is 116 Å². The van der Waals surface area contributed by atoms with Gasteiger partial charge in [0.2, 0.25) is 5.88 Å². The standard InChI is InChI=1S/C29H25BrF2N4O4/c1-16(17-5-3-2-4-6-17)26(27-33-15-23(34-27)24-21(31)13-19(30)14-22(24)32)36-28(38)25(35-29(36)39)18-7-9-20(10-8-18)40-12-11-37/h2-10,13-16,26,37-38H,11-12H2,1H3,(H,33,34)(H,35,39)/t16-,26-/m0/s1. The number of imidazole rings is 2. The van der Waals surface area contributed by atoms with Crippen LogP contribution in [0, 0.1) is 11.6 Å². The minimum absolute atomic E-state index is 0.0875. The van der Waals surface area contributed by atoms with Gasteiger partial charge in [0.1, 0.15) is 41.6 Å². The molecule has 0 saturated carbocycles. The van der Waals surface area contributed by atoms with E-state index in [1.165, 1.54) is 10.8 Å². The van der Waals surface area contributed by atoms with Crippen LogP contribution in [-0.2, 0) is 0 Å². The Morgan fingerprint density at radius 3 is 2.38 bits per heavy atom. The lowest BCUT2D eigenvalue weighted by Gasteiger charge is -2.24. The van der Waals surface area contributed by atoms with E-state index in [4.69, 9.17) is 9.84 Å². The van der Waals surface area contributed by atoms with Crippen LogP contribution >= 0.6 is 15.9 Å². The summed E-state index contributed by atoms with van der Waals surface area (Å²) in [5, 5.41) is 20.3. The van der Waals surface area contributed by atoms with Crippen LogP contribution in [0.4, 0.5) is 8.78 Å². The molecule has 0 aliphatic heterocycles. The Balaban J connectivity index is 1.61. The molecule has 2 aromatic heterocycles. The van der Waals surface area contributed by atoms with Gasteiger partial charge in [0, 0.05) is 16.0 Å². The van der Waals surface area contributed by atoms with Crippen molar-refractivity contribution >= 4 is 15.9 Å². The van der Waals surface area contributed by atoms with E-state index in [2.05, 4.69) is 30.9 Å². The molecule has 2 heterocycles. The van der Waals surface area contributed by atoms with Gasteiger partial charge in [-0.3, -0.25) is 4.57 Å². The molecule has 206 valence electrons. The van der Waals surface area contributed by atoms with Crippen LogP contribution in [0.25, 0.3) is 22.5 Å². The van der Waals surface area contributed by atoms with Crippen molar-refractivity contribution in [2.75, 3.05) is 13.2 Å². The summed E-state index contributed by atoms with van der Waals surface area (Å²) in [6.45, 7) is 1.88. The molecule has 0 saturated heterocycles. The maximum absolute atomic E-state index is 14.7. The number of aromatic hydroxyl groups is 1. The number of benzene rings is 3. The highest BCUT2D eigenvalue weighted by molar-refractivity contribution is 9.10. The second-order valence-corrected chi connectivity index (χ2v) is 10.1. The van der Waals surface area contributed by atoms with Crippen LogP contribution in [0.15, 0.2) is 82.2 Å². The molecule has 0 fully saturated rings. The summed E-state index contributed by atoms with van der Waals surface area (Å²) < 4.78 is 36.3. The maximum Gasteiger partial charge on any atom is 0.329 e. The Kier molecular flexibility index (Phi) is 7.85. The summed E-state index contributed by atoms with van der Waals surface area (Å²) in [6.07, 6.45) is 1.30. The summed E-state index contributed by atoms with van der Waals surface area (Å²) in [4.78, 5) is 23.4. The number of aliphatic hydroxyl groups excluding tert-OH is 1. The van der Waals surface area contributed by atoms with E-state index in [9.17, 15) is 18.7 Å². The first-order chi connectivity index (χ1) is 19.3. The minimum Gasteiger partial charge on any atom is -0.493 e. The first-order valence-electron chi connectivity index (χ1n) is 12.4. The van der Waals surface area contributed by atoms with Gasteiger partial charge in [0.15, 0.2) is 0 Å². The second kappa shape index (κ2) is 11.5. The third-order valence-corrected chi connectivity index (χ3v) is 7.09. The molecule has 0 aliphatic rings. The number of nitrogens with zero attached hydrogens (tertiary/aromatic N) is 2. The monoisotopic (exact) mass is 610 g/mol. The van der Waals surface area contributed by atoms with Crippen molar-refractivity contribution in [3.05, 3.63) is 111 Å². The van der Waals surface area contributed by atoms with E-state index in [0.717, 1.165) is 17.7 Å². The maximum atomic E-state index is 14.7. The van der Waals surface area contributed by atoms with Crippen LogP contribution in [0.2, 0.25) is 0 Å². The molecule has 0 aliphatic carbocycles. The summed E-state index contributed by atoms with van der Waals surface area (Å²) >= 11 is 3.08. The molecule has 0 bridgehead atoms. The van der Waals surface area contributed by atoms with Crippen molar-refractivity contribution < 1.29 is 23.7 Å². The number of ether oxygens (including phenoxy) is 1. The number of hydrogen-bond acceptors (Lipinski definition) is 5. The minimum atomic E-state index is -0.873. The molecule has 4 N–H and O–H groups in total. The van der Waals surface area contributed by atoms with Crippen LogP contribution in [-0.4, -0.2) is 42.9 Å². The fraction of sp³-hybridized carbons (Fsp3) is 0.172. The van der Waals surface area contributed by atoms with Crippen molar-refractivity contribution in [3.63, 3.8) is 0 Å². The number of nitrogens with one attached hydrogen (secondary N) is 2. The lowest BCUT2D eigenvalue weighted by atomic mass is 9.92. The van der Waals surface area contributed by atoms with E-state index >= 15 is 0 Å². The Morgan fingerprint density at radius 1 is 1.05 bits per heavy atom. The van der Waals surface area contributed by atoms with Gasteiger partial charge in [-0.05, 0) is 42.0 Å². The van der Waals surface area contributed by atoms with Crippen molar-refractivity contribution in [2.45, 2.75) is 18.9 Å². The Hall–Kier alpha value is -4.22. The molecule has 2 atom stereocenters. The highest BCUT2D eigenvalue weighted by atomic mass is 79.9. The predicted molar refractivity (Wildman–Crippen MR) is 149 cm³/mol. The Bertz CT molecular complexity index is 1660. The number of rotatable bonds is 9. The van der Waals surface area contributed by atoms with Gasteiger partial charge in [-0.25, -0.2) is 18.6 Å². The Morgan fingerprint density at radius 2 is 1.73 bits per heavy atom. The molecular weight excluding hydrogens is 586 g/mol. The van der Waals surface area contributed by atoms with Crippen molar-refractivity contribution in [1.29, 1.82) is 0 Å². The van der Waals surface area contributed by atoms with Crippen molar-refractivity contribution in [3.8, 4) is 34.1 Å². The lowest BCUT2D eigenvalue weighted by Crippen LogP contribution is -2.27. The van der Waals surface area contributed by atoms with Gasteiger partial charge >= 0.3 is 5.69 Å². The van der Waals surface area contributed by atoms with Gasteiger partial charge in [-0.15, -0.1) is 0 Å². The first-order valence-corrected chi connectivity index (χ1v) is 13.2. The van der Waals surface area contributed by atoms with E-state index in [-0.39, 0.29) is 46.3 Å². The van der Waals surface area contributed by atoms with Crippen molar-refractivity contribution in [1.82, 2.24) is 19.5 Å². The lowest BCUT2D eigenvalue weighted by molar-refractivity contribution is 0.201. The molecule has 0 amide bonds. The number of aliphatic hydroxyl groups is 1. The highest BCUT2D eigenvalue weighted by Gasteiger charge is 2.31. The zero-order valence-electron chi connectivity index (χ0n) is 21.2. The zero-order chi connectivity index (χ0) is 28.4. The molecule has 0 unspecified atom stereocenters. The first kappa shape index (κ1) is 27.4. The van der Waals surface area contributed by atoms with Gasteiger partial charge in [0.05, 0.1) is 24.1 Å². The van der Waals surface area contributed by atoms with Crippen LogP contribution in [0.3, 0.4) is 0 Å².